The molecule has 5 nitrogen and oxygen atoms in total. The molecule has 0 aliphatic rings. The highest BCUT2D eigenvalue weighted by molar-refractivity contribution is 6.30. The Balaban J connectivity index is 2.08. The molecule has 0 aliphatic heterocycles. The summed E-state index contributed by atoms with van der Waals surface area (Å²) in [7, 11) is 1.57. The fourth-order valence-electron chi connectivity index (χ4n) is 1.61. The van der Waals surface area contributed by atoms with Crippen LogP contribution < -0.4 is 9.47 Å². The normalized spacial score (nSPS) is 10.1. The Bertz CT molecular complexity index is 613. The Morgan fingerprint density at radius 1 is 1.35 bits per heavy atom. The second-order valence-electron chi connectivity index (χ2n) is 3.93. The van der Waals surface area contributed by atoms with Crippen molar-refractivity contribution in [2.75, 3.05) is 7.11 Å². The molecule has 0 radical (unpaired) electrons. The minimum atomic E-state index is -1.08. The molecule has 20 heavy (non-hydrogen) atoms. The molecule has 1 aromatic heterocycles. The van der Waals surface area contributed by atoms with E-state index in [0.717, 1.165) is 5.56 Å². The van der Waals surface area contributed by atoms with Crippen LogP contribution >= 0.6 is 11.6 Å². The second kappa shape index (κ2) is 6.25. The minimum absolute atomic E-state index is 0.0299. The van der Waals surface area contributed by atoms with Gasteiger partial charge in [0.1, 0.15) is 23.8 Å². The van der Waals surface area contributed by atoms with Gasteiger partial charge in [0.15, 0.2) is 0 Å². The zero-order valence-corrected chi connectivity index (χ0v) is 11.4. The minimum Gasteiger partial charge on any atom is -0.496 e. The first-order valence-electron chi connectivity index (χ1n) is 5.74. The molecule has 6 heteroatoms. The van der Waals surface area contributed by atoms with Gasteiger partial charge in [-0.1, -0.05) is 11.6 Å². The number of methoxy groups -OCH3 is 1. The number of benzene rings is 1. The van der Waals surface area contributed by atoms with Crippen molar-refractivity contribution in [3.05, 3.63) is 52.8 Å². The molecule has 1 heterocycles. The summed E-state index contributed by atoms with van der Waals surface area (Å²) in [4.78, 5) is 14.4. The number of carboxylic acid groups (broad SMARTS) is 1. The van der Waals surface area contributed by atoms with E-state index in [1.807, 2.05) is 0 Å². The molecule has 1 N–H and O–H groups in total. The molecule has 104 valence electrons. The van der Waals surface area contributed by atoms with Crippen LogP contribution in [0.5, 0.6) is 11.5 Å². The maximum atomic E-state index is 10.7. The molecule has 1 aromatic carbocycles. The molecule has 0 spiro atoms. The maximum Gasteiger partial charge on any atom is 0.354 e. The first-order chi connectivity index (χ1) is 9.60. The Morgan fingerprint density at radius 3 is 2.75 bits per heavy atom. The van der Waals surface area contributed by atoms with Gasteiger partial charge in [-0.2, -0.15) is 0 Å². The van der Waals surface area contributed by atoms with E-state index >= 15 is 0 Å². The van der Waals surface area contributed by atoms with Crippen LogP contribution in [-0.4, -0.2) is 23.2 Å². The van der Waals surface area contributed by atoms with Crippen molar-refractivity contribution < 1.29 is 19.4 Å². The molecular formula is C14H12ClNO4. The summed E-state index contributed by atoms with van der Waals surface area (Å²) in [6.45, 7) is 0.248. The second-order valence-corrected chi connectivity index (χ2v) is 4.37. The van der Waals surface area contributed by atoms with Crippen LogP contribution in [0.2, 0.25) is 5.02 Å². The van der Waals surface area contributed by atoms with E-state index in [1.54, 1.807) is 31.4 Å². The Kier molecular flexibility index (Phi) is 4.42. The van der Waals surface area contributed by atoms with Crippen LogP contribution in [0.4, 0.5) is 0 Å². The number of aromatic carboxylic acids is 1. The number of aromatic nitrogens is 1. The number of ether oxygens (including phenoxy) is 2. The molecule has 0 saturated heterocycles. The number of pyridine rings is 1. The number of carboxylic acids is 1. The van der Waals surface area contributed by atoms with Crippen LogP contribution in [0, 0.1) is 0 Å². The molecular weight excluding hydrogens is 282 g/mol. The lowest BCUT2D eigenvalue weighted by Gasteiger charge is -2.10. The third kappa shape index (κ3) is 3.39. The number of halogens is 1. The van der Waals surface area contributed by atoms with Gasteiger partial charge in [-0.05, 0) is 30.3 Å². The standard InChI is InChI=1S/C14H12ClNO4/c1-19-13-5-2-10(15)6-9(13)8-20-11-3-4-12(14(17)18)16-7-11/h2-7H,8H2,1H3,(H,17,18). The first kappa shape index (κ1) is 14.1. The zero-order chi connectivity index (χ0) is 14.5. The lowest BCUT2D eigenvalue weighted by Crippen LogP contribution is -2.02. The number of hydrogen-bond donors (Lipinski definition) is 1. The Hall–Kier alpha value is -2.27. The van der Waals surface area contributed by atoms with Gasteiger partial charge in [-0.3, -0.25) is 0 Å². The van der Waals surface area contributed by atoms with Gasteiger partial charge in [-0.15, -0.1) is 0 Å². The smallest absolute Gasteiger partial charge is 0.354 e. The average Bonchev–Trinajstić information content (AvgIpc) is 2.45. The molecule has 0 amide bonds. The summed E-state index contributed by atoms with van der Waals surface area (Å²) >= 11 is 5.92. The quantitative estimate of drug-likeness (QED) is 0.917. The van der Waals surface area contributed by atoms with Crippen LogP contribution in [0.1, 0.15) is 16.1 Å². The Morgan fingerprint density at radius 2 is 2.15 bits per heavy atom. The van der Waals surface area contributed by atoms with Crippen LogP contribution in [0.25, 0.3) is 0 Å². The SMILES string of the molecule is COc1ccc(Cl)cc1COc1ccc(C(=O)O)nc1. The van der Waals surface area contributed by atoms with Gasteiger partial charge >= 0.3 is 5.97 Å². The molecule has 2 aromatic rings. The van der Waals surface area contributed by atoms with Crippen molar-refractivity contribution in [2.24, 2.45) is 0 Å². The largest absolute Gasteiger partial charge is 0.496 e. The number of hydrogen-bond acceptors (Lipinski definition) is 4. The molecule has 0 atom stereocenters. The Labute approximate surface area is 120 Å². The summed E-state index contributed by atoms with van der Waals surface area (Å²) in [6, 6.07) is 8.17. The lowest BCUT2D eigenvalue weighted by molar-refractivity contribution is 0.0690. The highest BCUT2D eigenvalue weighted by Crippen LogP contribution is 2.24. The predicted molar refractivity (Wildman–Crippen MR) is 73.5 cm³/mol. The van der Waals surface area contributed by atoms with E-state index in [2.05, 4.69) is 4.98 Å². The average molecular weight is 294 g/mol. The summed E-state index contributed by atoms with van der Waals surface area (Å²) < 4.78 is 10.7. The van der Waals surface area contributed by atoms with Crippen LogP contribution in [0.3, 0.4) is 0 Å². The van der Waals surface area contributed by atoms with Gasteiger partial charge < -0.3 is 14.6 Å². The highest BCUT2D eigenvalue weighted by atomic mass is 35.5. The molecule has 0 unspecified atom stereocenters. The fraction of sp³-hybridized carbons (Fsp3) is 0.143. The van der Waals surface area contributed by atoms with E-state index in [0.29, 0.717) is 16.5 Å². The van der Waals surface area contributed by atoms with Crippen molar-refractivity contribution in [3.8, 4) is 11.5 Å². The van der Waals surface area contributed by atoms with Crippen molar-refractivity contribution in [1.82, 2.24) is 4.98 Å². The first-order valence-corrected chi connectivity index (χ1v) is 6.12. The summed E-state index contributed by atoms with van der Waals surface area (Å²) in [5.74, 6) is 0.0644. The van der Waals surface area contributed by atoms with E-state index in [9.17, 15) is 4.79 Å². The summed E-state index contributed by atoms with van der Waals surface area (Å²) in [5, 5.41) is 9.33. The van der Waals surface area contributed by atoms with E-state index < -0.39 is 5.97 Å². The number of rotatable bonds is 5. The summed E-state index contributed by atoms with van der Waals surface area (Å²) in [6.07, 6.45) is 1.36. The monoisotopic (exact) mass is 293 g/mol. The number of nitrogens with zero attached hydrogens (tertiary/aromatic N) is 1. The molecule has 0 fully saturated rings. The van der Waals surface area contributed by atoms with E-state index in [4.69, 9.17) is 26.2 Å². The molecule has 2 rings (SSSR count). The van der Waals surface area contributed by atoms with E-state index in [1.165, 1.54) is 12.3 Å². The highest BCUT2D eigenvalue weighted by Gasteiger charge is 2.07. The lowest BCUT2D eigenvalue weighted by atomic mass is 10.2. The van der Waals surface area contributed by atoms with Crippen molar-refractivity contribution in [3.63, 3.8) is 0 Å². The summed E-state index contributed by atoms with van der Waals surface area (Å²) in [5.41, 5.74) is 0.764. The van der Waals surface area contributed by atoms with Crippen molar-refractivity contribution >= 4 is 17.6 Å². The predicted octanol–water partition coefficient (Wildman–Crippen LogP) is 3.02. The van der Waals surface area contributed by atoms with Gasteiger partial charge in [0.25, 0.3) is 0 Å². The number of carbonyl (C=O) groups is 1. The molecule has 0 bridgehead atoms. The maximum absolute atomic E-state index is 10.7. The van der Waals surface area contributed by atoms with Crippen LogP contribution in [0.15, 0.2) is 36.5 Å². The van der Waals surface area contributed by atoms with Gasteiger partial charge in [0.2, 0.25) is 0 Å². The van der Waals surface area contributed by atoms with Gasteiger partial charge in [0.05, 0.1) is 13.3 Å². The van der Waals surface area contributed by atoms with Crippen molar-refractivity contribution in [1.29, 1.82) is 0 Å². The van der Waals surface area contributed by atoms with Crippen molar-refractivity contribution in [2.45, 2.75) is 6.61 Å². The molecule has 0 saturated carbocycles. The third-order valence-corrected chi connectivity index (χ3v) is 2.83. The topological polar surface area (TPSA) is 68.7 Å². The third-order valence-electron chi connectivity index (χ3n) is 2.59. The van der Waals surface area contributed by atoms with E-state index in [-0.39, 0.29) is 12.3 Å². The van der Waals surface area contributed by atoms with Crippen LogP contribution in [-0.2, 0) is 6.61 Å². The zero-order valence-electron chi connectivity index (χ0n) is 10.7. The van der Waals surface area contributed by atoms with Gasteiger partial charge in [0, 0.05) is 10.6 Å². The van der Waals surface area contributed by atoms with Gasteiger partial charge in [-0.25, -0.2) is 9.78 Å². The molecule has 0 aliphatic carbocycles. The fourth-order valence-corrected chi connectivity index (χ4v) is 1.81.